The van der Waals surface area contributed by atoms with Crippen LogP contribution in [0.4, 0.5) is 4.39 Å². The number of aromatic nitrogens is 1. The molecule has 4 rings (SSSR count). The minimum Gasteiger partial charge on any atom is -0.481 e. The van der Waals surface area contributed by atoms with Crippen LogP contribution in [-0.4, -0.2) is 35.0 Å². The van der Waals surface area contributed by atoms with E-state index in [1.807, 2.05) is 18.3 Å². The lowest BCUT2D eigenvalue weighted by Gasteiger charge is -2.29. The van der Waals surface area contributed by atoms with Gasteiger partial charge in [0.25, 0.3) is 5.91 Å². The van der Waals surface area contributed by atoms with Crippen molar-refractivity contribution in [2.24, 2.45) is 0 Å². The van der Waals surface area contributed by atoms with Gasteiger partial charge in [-0.1, -0.05) is 24.3 Å². The lowest BCUT2D eigenvalue weighted by atomic mass is 9.99. The zero-order valence-corrected chi connectivity index (χ0v) is 15.1. The Kier molecular flexibility index (Phi) is 4.67. The molecule has 0 aliphatic carbocycles. The quantitative estimate of drug-likeness (QED) is 0.746. The van der Waals surface area contributed by atoms with E-state index in [0.717, 1.165) is 11.9 Å². The predicted molar refractivity (Wildman–Crippen MR) is 104 cm³/mol. The second-order valence-electron chi connectivity index (χ2n) is 6.73. The molecule has 3 aromatic rings. The fourth-order valence-electron chi connectivity index (χ4n) is 3.48. The Morgan fingerprint density at radius 2 is 1.96 bits per heavy atom. The number of H-pyrrole nitrogens is 1. The van der Waals surface area contributed by atoms with Crippen LogP contribution in [0.1, 0.15) is 18.9 Å². The summed E-state index contributed by atoms with van der Waals surface area (Å²) in [6, 6.07) is 13.9. The highest BCUT2D eigenvalue weighted by Gasteiger charge is 2.24. The molecule has 0 unspecified atom stereocenters. The number of nitrogens with one attached hydrogen (secondary N) is 1. The Morgan fingerprint density at radius 3 is 2.70 bits per heavy atom. The van der Waals surface area contributed by atoms with Crippen molar-refractivity contribution >= 4 is 22.4 Å². The van der Waals surface area contributed by atoms with Crippen LogP contribution in [0, 0.1) is 5.82 Å². The molecule has 1 aromatic heterocycles. The van der Waals surface area contributed by atoms with E-state index in [4.69, 9.17) is 4.74 Å². The van der Waals surface area contributed by atoms with E-state index in [2.05, 4.69) is 23.2 Å². The monoisotopic (exact) mass is 364 g/mol. The van der Waals surface area contributed by atoms with E-state index in [1.165, 1.54) is 40.8 Å². The van der Waals surface area contributed by atoms with Crippen LogP contribution in [0.25, 0.3) is 16.5 Å². The average Bonchev–Trinajstić information content (AvgIpc) is 3.13. The van der Waals surface area contributed by atoms with Gasteiger partial charge in [0.15, 0.2) is 6.10 Å². The summed E-state index contributed by atoms with van der Waals surface area (Å²) in [5, 5.41) is 1.21. The molecule has 4 nitrogen and oxygen atoms in total. The zero-order chi connectivity index (χ0) is 18.8. The summed E-state index contributed by atoms with van der Waals surface area (Å²) in [6.07, 6.45) is 4.34. The second-order valence-corrected chi connectivity index (χ2v) is 6.73. The number of hydrogen-bond acceptors (Lipinski definition) is 2. The highest BCUT2D eigenvalue weighted by atomic mass is 19.1. The molecule has 27 heavy (non-hydrogen) atoms. The highest BCUT2D eigenvalue weighted by Crippen LogP contribution is 2.29. The third kappa shape index (κ3) is 3.58. The fraction of sp³-hybridized carbons (Fsp3) is 0.227. The highest BCUT2D eigenvalue weighted by molar-refractivity contribution is 5.93. The number of ether oxygens (including phenoxy) is 1. The number of rotatable bonds is 4. The van der Waals surface area contributed by atoms with Gasteiger partial charge in [0, 0.05) is 35.8 Å². The van der Waals surface area contributed by atoms with E-state index in [1.54, 1.807) is 11.8 Å². The van der Waals surface area contributed by atoms with Gasteiger partial charge in [-0.05, 0) is 49.2 Å². The summed E-state index contributed by atoms with van der Waals surface area (Å²) in [7, 11) is 0. The van der Waals surface area contributed by atoms with Gasteiger partial charge in [0.1, 0.15) is 11.6 Å². The minimum absolute atomic E-state index is 0.0615. The predicted octanol–water partition coefficient (Wildman–Crippen LogP) is 4.39. The Bertz CT molecular complexity index is 991. The molecule has 0 saturated carbocycles. The second kappa shape index (κ2) is 7.27. The summed E-state index contributed by atoms with van der Waals surface area (Å²) in [5.41, 5.74) is 3.57. The van der Waals surface area contributed by atoms with E-state index in [-0.39, 0.29) is 11.7 Å². The molecule has 0 saturated heterocycles. The third-order valence-corrected chi connectivity index (χ3v) is 4.93. The van der Waals surface area contributed by atoms with Gasteiger partial charge < -0.3 is 14.6 Å². The number of hydrogen-bond donors (Lipinski definition) is 1. The molecule has 1 aliphatic heterocycles. The summed E-state index contributed by atoms with van der Waals surface area (Å²) in [6.45, 7) is 2.94. The molecule has 0 bridgehead atoms. The molecular weight excluding hydrogens is 343 g/mol. The van der Waals surface area contributed by atoms with Crippen LogP contribution in [0.3, 0.4) is 0 Å². The van der Waals surface area contributed by atoms with Crippen molar-refractivity contribution in [3.63, 3.8) is 0 Å². The first-order chi connectivity index (χ1) is 13.1. The first-order valence-corrected chi connectivity index (χ1v) is 9.08. The van der Waals surface area contributed by atoms with Crippen molar-refractivity contribution in [3.05, 3.63) is 72.2 Å². The molecule has 2 aromatic carbocycles. The van der Waals surface area contributed by atoms with Crippen molar-refractivity contribution < 1.29 is 13.9 Å². The first kappa shape index (κ1) is 17.3. The van der Waals surface area contributed by atoms with Crippen molar-refractivity contribution in [2.45, 2.75) is 19.4 Å². The number of nitrogens with zero attached hydrogens (tertiary/aromatic N) is 1. The molecule has 1 aliphatic rings. The van der Waals surface area contributed by atoms with Crippen molar-refractivity contribution in [1.29, 1.82) is 0 Å². The maximum Gasteiger partial charge on any atom is 0.263 e. The lowest BCUT2D eigenvalue weighted by molar-refractivity contribution is -0.137. The van der Waals surface area contributed by atoms with E-state index >= 15 is 0 Å². The Hall–Kier alpha value is -3.08. The fourth-order valence-corrected chi connectivity index (χ4v) is 3.48. The smallest absolute Gasteiger partial charge is 0.263 e. The minimum atomic E-state index is -0.613. The summed E-state index contributed by atoms with van der Waals surface area (Å²) in [5.74, 6) is 0.102. The van der Waals surface area contributed by atoms with Crippen LogP contribution in [0.15, 0.2) is 60.8 Å². The Labute approximate surface area is 157 Å². The first-order valence-electron chi connectivity index (χ1n) is 9.08. The van der Waals surface area contributed by atoms with Crippen LogP contribution in [0.5, 0.6) is 5.75 Å². The molecule has 0 spiro atoms. The van der Waals surface area contributed by atoms with Crippen LogP contribution >= 0.6 is 0 Å². The number of aromatic amines is 1. The van der Waals surface area contributed by atoms with Crippen molar-refractivity contribution in [1.82, 2.24) is 9.88 Å². The van der Waals surface area contributed by atoms with Gasteiger partial charge >= 0.3 is 0 Å². The number of amides is 1. The molecular formula is C22H21FN2O2. The van der Waals surface area contributed by atoms with Crippen molar-refractivity contribution in [2.75, 3.05) is 13.1 Å². The topological polar surface area (TPSA) is 45.3 Å². The van der Waals surface area contributed by atoms with Gasteiger partial charge in [-0.25, -0.2) is 4.39 Å². The summed E-state index contributed by atoms with van der Waals surface area (Å²) < 4.78 is 18.6. The number of fused-ring (bicyclic) bond motifs is 1. The number of carbonyl (C=O) groups excluding carboxylic acids is 1. The molecule has 1 amide bonds. The van der Waals surface area contributed by atoms with Gasteiger partial charge in [0.05, 0.1) is 0 Å². The molecule has 5 heteroatoms. The zero-order valence-electron chi connectivity index (χ0n) is 15.1. The van der Waals surface area contributed by atoms with Gasteiger partial charge in [0.2, 0.25) is 0 Å². The van der Waals surface area contributed by atoms with E-state index in [0.29, 0.717) is 18.8 Å². The van der Waals surface area contributed by atoms with Gasteiger partial charge in [-0.2, -0.15) is 0 Å². The van der Waals surface area contributed by atoms with Gasteiger partial charge in [-0.15, -0.1) is 0 Å². The molecule has 2 heterocycles. The number of benzene rings is 2. The SMILES string of the molecule is C[C@H](Oc1ccc(F)cc1)C(=O)N1CC=C(c2c[nH]c3ccccc23)CC1. The molecule has 1 N–H and O–H groups in total. The van der Waals surface area contributed by atoms with Gasteiger partial charge in [-0.3, -0.25) is 4.79 Å². The normalized spacial score (nSPS) is 15.5. The third-order valence-electron chi connectivity index (χ3n) is 4.93. The Morgan fingerprint density at radius 1 is 1.19 bits per heavy atom. The van der Waals surface area contributed by atoms with E-state index in [9.17, 15) is 9.18 Å². The number of para-hydroxylation sites is 1. The summed E-state index contributed by atoms with van der Waals surface area (Å²) >= 11 is 0. The number of halogens is 1. The molecule has 0 fully saturated rings. The van der Waals surface area contributed by atoms with Crippen molar-refractivity contribution in [3.8, 4) is 5.75 Å². The maximum atomic E-state index is 13.0. The Balaban J connectivity index is 1.43. The van der Waals surface area contributed by atoms with Crippen LogP contribution in [0.2, 0.25) is 0 Å². The van der Waals surface area contributed by atoms with Crippen LogP contribution in [-0.2, 0) is 4.79 Å². The molecule has 1 atom stereocenters. The van der Waals surface area contributed by atoms with Crippen LogP contribution < -0.4 is 4.74 Å². The maximum absolute atomic E-state index is 13.0. The van der Waals surface area contributed by atoms with E-state index < -0.39 is 6.10 Å². The molecule has 0 radical (unpaired) electrons. The largest absolute Gasteiger partial charge is 0.481 e. The standard InChI is InChI=1S/C22H21FN2O2/c1-15(27-18-8-6-17(23)7-9-18)22(26)25-12-10-16(11-13-25)20-14-24-21-5-3-2-4-19(20)21/h2-10,14-15,24H,11-13H2,1H3/t15-/m0/s1. The number of carbonyl (C=O) groups is 1. The lowest BCUT2D eigenvalue weighted by Crippen LogP contribution is -2.42. The molecule has 138 valence electrons. The average molecular weight is 364 g/mol. The summed E-state index contributed by atoms with van der Waals surface area (Å²) in [4.78, 5) is 17.8.